The van der Waals surface area contributed by atoms with Crippen molar-refractivity contribution in [2.24, 2.45) is 0 Å². The molecule has 59 heavy (non-hydrogen) atoms. The van der Waals surface area contributed by atoms with Crippen molar-refractivity contribution in [2.75, 3.05) is 4.90 Å². The Kier molecular flexibility index (Phi) is 8.49. The second-order valence-corrected chi connectivity index (χ2v) is 15.0. The van der Waals surface area contributed by atoms with E-state index in [9.17, 15) is 0 Å². The highest BCUT2D eigenvalue weighted by Gasteiger charge is 2.17. The van der Waals surface area contributed by atoms with E-state index in [2.05, 4.69) is 229 Å². The van der Waals surface area contributed by atoms with Crippen molar-refractivity contribution in [3.8, 4) is 44.8 Å². The topological polar surface area (TPSA) is 29.0 Å². The molecule has 11 aromatic rings. The number of fused-ring (bicyclic) bond motifs is 6. The van der Waals surface area contributed by atoms with Crippen LogP contribution in [0.15, 0.2) is 224 Å². The lowest BCUT2D eigenvalue weighted by Gasteiger charge is -2.25. The van der Waals surface area contributed by atoms with Gasteiger partial charge in [0, 0.05) is 49.7 Å². The molecule has 0 aliphatic heterocycles. The van der Waals surface area contributed by atoms with Crippen molar-refractivity contribution >= 4 is 60.4 Å². The number of hydrogen-bond donors (Lipinski definition) is 0. The number of rotatable bonds is 7. The first-order valence-corrected chi connectivity index (χ1v) is 20.1. The van der Waals surface area contributed by atoms with Crippen molar-refractivity contribution in [2.45, 2.75) is 0 Å². The van der Waals surface area contributed by atoms with Crippen LogP contribution in [-0.2, 0) is 0 Å². The summed E-state index contributed by atoms with van der Waals surface area (Å²) in [6.07, 6.45) is 0. The summed E-state index contributed by atoms with van der Waals surface area (Å²) in [5.74, 6) is 0. The molecule has 0 saturated heterocycles. The third kappa shape index (κ3) is 6.26. The van der Waals surface area contributed by atoms with Crippen LogP contribution in [-0.4, -0.2) is 9.97 Å². The maximum absolute atomic E-state index is 5.30. The van der Waals surface area contributed by atoms with Gasteiger partial charge in [0.25, 0.3) is 0 Å². The van der Waals surface area contributed by atoms with Crippen molar-refractivity contribution < 1.29 is 0 Å². The number of para-hydroxylation sites is 4. The first-order chi connectivity index (χ1) is 29.2. The van der Waals surface area contributed by atoms with Crippen LogP contribution in [0.4, 0.5) is 17.1 Å². The zero-order valence-electron chi connectivity index (χ0n) is 32.2. The first-order valence-electron chi connectivity index (χ1n) is 20.1. The van der Waals surface area contributed by atoms with Gasteiger partial charge < -0.3 is 4.90 Å². The average molecular weight is 752 g/mol. The normalized spacial score (nSPS) is 11.4. The molecule has 9 aromatic carbocycles. The lowest BCUT2D eigenvalue weighted by atomic mass is 9.93. The standard InChI is InChI=1S/C56H37N3/c1-4-14-38(15-5-1)39-24-26-40(27-25-39)51-37-54(57-52-22-12-10-20-48(51)52)43-31-34-47-42(36-43)30-35-50-55(47)49-21-11-13-23-53(49)58-56(50)41-28-32-46(33-29-41)59(44-16-6-2-7-17-44)45-18-8-3-9-19-45/h1-37H. The summed E-state index contributed by atoms with van der Waals surface area (Å²) in [5, 5.41) is 6.98. The summed E-state index contributed by atoms with van der Waals surface area (Å²) >= 11 is 0. The largest absolute Gasteiger partial charge is 0.311 e. The van der Waals surface area contributed by atoms with E-state index in [1.807, 2.05) is 0 Å². The molecule has 11 rings (SSSR count). The van der Waals surface area contributed by atoms with E-state index >= 15 is 0 Å². The minimum atomic E-state index is 0.952. The van der Waals surface area contributed by atoms with E-state index in [-0.39, 0.29) is 0 Å². The third-order valence-electron chi connectivity index (χ3n) is 11.4. The van der Waals surface area contributed by atoms with E-state index in [1.165, 1.54) is 33.0 Å². The maximum Gasteiger partial charge on any atom is 0.0788 e. The molecular weight excluding hydrogens is 715 g/mol. The monoisotopic (exact) mass is 751 g/mol. The van der Waals surface area contributed by atoms with Crippen molar-refractivity contribution in [3.05, 3.63) is 224 Å². The Hall–Kier alpha value is -7.88. The van der Waals surface area contributed by atoms with Gasteiger partial charge in [-0.3, -0.25) is 0 Å². The molecule has 3 nitrogen and oxygen atoms in total. The Balaban J connectivity index is 1.01. The number of nitrogens with zero attached hydrogens (tertiary/aromatic N) is 3. The molecule has 276 valence electrons. The lowest BCUT2D eigenvalue weighted by Crippen LogP contribution is -2.09. The molecule has 3 heteroatoms. The minimum absolute atomic E-state index is 0.952. The summed E-state index contributed by atoms with van der Waals surface area (Å²) in [5.41, 5.74) is 14.1. The van der Waals surface area contributed by atoms with Gasteiger partial charge in [-0.1, -0.05) is 164 Å². The summed E-state index contributed by atoms with van der Waals surface area (Å²) in [6.45, 7) is 0. The lowest BCUT2D eigenvalue weighted by molar-refractivity contribution is 1.28. The number of aromatic nitrogens is 2. The Morgan fingerprint density at radius 1 is 0.305 bits per heavy atom. The van der Waals surface area contributed by atoms with Gasteiger partial charge in [-0.05, 0) is 93.7 Å². The Labute approximate surface area is 343 Å². The molecular formula is C56H37N3. The fourth-order valence-electron chi connectivity index (χ4n) is 8.56. The predicted octanol–water partition coefficient (Wildman–Crippen LogP) is 15.2. The van der Waals surface area contributed by atoms with Crippen molar-refractivity contribution in [3.63, 3.8) is 0 Å². The highest BCUT2D eigenvalue weighted by Crippen LogP contribution is 2.41. The molecule has 0 unspecified atom stereocenters. The van der Waals surface area contributed by atoms with Gasteiger partial charge >= 0.3 is 0 Å². The molecule has 0 atom stereocenters. The van der Waals surface area contributed by atoms with E-state index in [1.54, 1.807) is 0 Å². The van der Waals surface area contributed by atoms with Crippen LogP contribution in [0.25, 0.3) is 88.1 Å². The molecule has 2 aromatic heterocycles. The smallest absolute Gasteiger partial charge is 0.0788 e. The van der Waals surface area contributed by atoms with E-state index < -0.39 is 0 Å². The fourth-order valence-corrected chi connectivity index (χ4v) is 8.56. The summed E-state index contributed by atoms with van der Waals surface area (Å²) < 4.78 is 0. The van der Waals surface area contributed by atoms with Crippen molar-refractivity contribution in [1.29, 1.82) is 0 Å². The highest BCUT2D eigenvalue weighted by atomic mass is 15.1. The van der Waals surface area contributed by atoms with E-state index in [0.29, 0.717) is 0 Å². The second kappa shape index (κ2) is 14.6. The maximum atomic E-state index is 5.30. The molecule has 0 saturated carbocycles. The number of hydrogen-bond acceptors (Lipinski definition) is 3. The average Bonchev–Trinajstić information content (AvgIpc) is 3.32. The number of benzene rings is 9. The van der Waals surface area contributed by atoms with E-state index in [4.69, 9.17) is 9.97 Å². The van der Waals surface area contributed by atoms with Crippen LogP contribution in [0.1, 0.15) is 0 Å². The highest BCUT2D eigenvalue weighted by molar-refractivity contribution is 6.22. The predicted molar refractivity (Wildman–Crippen MR) is 248 cm³/mol. The minimum Gasteiger partial charge on any atom is -0.311 e. The van der Waals surface area contributed by atoms with Gasteiger partial charge in [0.2, 0.25) is 0 Å². The molecule has 0 aliphatic rings. The Bertz CT molecular complexity index is 3250. The molecule has 0 radical (unpaired) electrons. The van der Waals surface area contributed by atoms with Crippen LogP contribution in [0.5, 0.6) is 0 Å². The molecule has 0 spiro atoms. The van der Waals surface area contributed by atoms with Crippen LogP contribution in [0, 0.1) is 0 Å². The van der Waals surface area contributed by atoms with Crippen LogP contribution >= 0.6 is 0 Å². The molecule has 0 N–H and O–H groups in total. The fraction of sp³-hybridized carbons (Fsp3) is 0. The molecule has 2 heterocycles. The van der Waals surface area contributed by atoms with Crippen molar-refractivity contribution in [1.82, 2.24) is 9.97 Å². The van der Waals surface area contributed by atoms with Gasteiger partial charge in [0.15, 0.2) is 0 Å². The SMILES string of the molecule is c1ccc(-c2ccc(-c3cc(-c4ccc5c(ccc6c(-c7ccc(N(c8ccccc8)c8ccccc8)cc7)nc7ccccc7c65)c4)nc4ccccc34)cc2)cc1. The number of anilines is 3. The molecule has 0 amide bonds. The van der Waals surface area contributed by atoms with Gasteiger partial charge in [-0.2, -0.15) is 0 Å². The van der Waals surface area contributed by atoms with Crippen LogP contribution in [0.3, 0.4) is 0 Å². The quantitative estimate of drug-likeness (QED) is 0.152. The van der Waals surface area contributed by atoms with Gasteiger partial charge in [-0.15, -0.1) is 0 Å². The zero-order chi connectivity index (χ0) is 39.1. The van der Waals surface area contributed by atoms with E-state index in [0.717, 1.165) is 72.2 Å². The Morgan fingerprint density at radius 2 is 0.814 bits per heavy atom. The van der Waals surface area contributed by atoms with Crippen LogP contribution < -0.4 is 4.90 Å². The van der Waals surface area contributed by atoms with Gasteiger partial charge in [0.1, 0.15) is 0 Å². The summed E-state index contributed by atoms with van der Waals surface area (Å²) in [4.78, 5) is 12.8. The second-order valence-electron chi connectivity index (χ2n) is 15.0. The number of pyridine rings is 2. The molecule has 0 fully saturated rings. The molecule has 0 bridgehead atoms. The summed E-state index contributed by atoms with van der Waals surface area (Å²) in [7, 11) is 0. The Morgan fingerprint density at radius 3 is 1.51 bits per heavy atom. The zero-order valence-corrected chi connectivity index (χ0v) is 32.2. The summed E-state index contributed by atoms with van der Waals surface area (Å²) in [6, 6.07) is 79.8. The van der Waals surface area contributed by atoms with Gasteiger partial charge in [0.05, 0.1) is 22.4 Å². The van der Waals surface area contributed by atoms with Crippen LogP contribution in [0.2, 0.25) is 0 Å². The third-order valence-corrected chi connectivity index (χ3v) is 11.4. The molecule has 0 aliphatic carbocycles. The van der Waals surface area contributed by atoms with Gasteiger partial charge in [-0.25, -0.2) is 9.97 Å². The first kappa shape index (κ1) is 34.4.